The molecule has 4 nitrogen and oxygen atoms in total. The Balaban J connectivity index is 3.12. The van der Waals surface area contributed by atoms with E-state index in [-0.39, 0.29) is 5.57 Å². The van der Waals surface area contributed by atoms with Crippen LogP contribution in [0.4, 0.5) is 0 Å². The molecule has 20 heavy (non-hydrogen) atoms. The molecule has 0 bridgehead atoms. The van der Waals surface area contributed by atoms with Crippen LogP contribution in [0.2, 0.25) is 0 Å². The van der Waals surface area contributed by atoms with Gasteiger partial charge in [-0.2, -0.15) is 0 Å². The Morgan fingerprint density at radius 2 is 1.70 bits per heavy atom. The van der Waals surface area contributed by atoms with Gasteiger partial charge in [-0.15, -0.1) is 0 Å². The van der Waals surface area contributed by atoms with E-state index in [0.717, 1.165) is 0 Å². The molecule has 108 valence electrons. The molecule has 0 aliphatic heterocycles. The third-order valence-corrected chi connectivity index (χ3v) is 2.57. The van der Waals surface area contributed by atoms with Crippen molar-refractivity contribution in [3.05, 3.63) is 48.0 Å². The lowest BCUT2D eigenvalue weighted by Gasteiger charge is -2.24. The lowest BCUT2D eigenvalue weighted by molar-refractivity contribution is -0.157. The normalized spacial score (nSPS) is 12.4. The first-order chi connectivity index (χ1) is 9.26. The van der Waals surface area contributed by atoms with Crippen LogP contribution in [0.3, 0.4) is 0 Å². The molecule has 1 rings (SSSR count). The van der Waals surface area contributed by atoms with Gasteiger partial charge < -0.3 is 9.47 Å². The molecule has 0 heterocycles. The van der Waals surface area contributed by atoms with Crippen LogP contribution in [-0.2, 0) is 19.1 Å². The number of carbonyl (C=O) groups excluding carboxylic acids is 2. The highest BCUT2D eigenvalue weighted by Crippen LogP contribution is 2.27. The molecule has 0 spiro atoms. The first-order valence-electron chi connectivity index (χ1n) is 6.31. The number of hydrogen-bond donors (Lipinski definition) is 0. The van der Waals surface area contributed by atoms with Crippen LogP contribution in [0.1, 0.15) is 32.3 Å². The number of benzene rings is 1. The van der Waals surface area contributed by atoms with Gasteiger partial charge in [-0.25, -0.2) is 4.79 Å². The molecule has 1 aromatic rings. The van der Waals surface area contributed by atoms with Crippen LogP contribution in [0.5, 0.6) is 0 Å². The molecular weight excluding hydrogens is 256 g/mol. The molecular formula is C16H20O4. The van der Waals surface area contributed by atoms with Gasteiger partial charge in [0.25, 0.3) is 0 Å². The quantitative estimate of drug-likeness (QED) is 0.627. The Hall–Kier alpha value is -2.10. The van der Waals surface area contributed by atoms with E-state index in [0.29, 0.717) is 5.56 Å². The van der Waals surface area contributed by atoms with Crippen molar-refractivity contribution in [1.29, 1.82) is 0 Å². The molecule has 0 saturated heterocycles. The molecule has 0 N–H and O–H groups in total. The molecule has 0 amide bonds. The topological polar surface area (TPSA) is 52.6 Å². The Morgan fingerprint density at radius 1 is 1.15 bits per heavy atom. The summed E-state index contributed by atoms with van der Waals surface area (Å²) in [4.78, 5) is 24.0. The predicted octanol–water partition coefficient (Wildman–Crippen LogP) is 2.84. The first kappa shape index (κ1) is 16.0. The summed E-state index contributed by atoms with van der Waals surface area (Å²) in [5.41, 5.74) is 0.0747. The number of hydrogen-bond acceptors (Lipinski definition) is 4. The Kier molecular flexibility index (Phi) is 5.08. The van der Waals surface area contributed by atoms with E-state index in [1.165, 1.54) is 7.11 Å². The van der Waals surface area contributed by atoms with Crippen molar-refractivity contribution in [1.82, 2.24) is 0 Å². The van der Waals surface area contributed by atoms with E-state index in [1.54, 1.807) is 45.0 Å². The molecule has 1 unspecified atom stereocenters. The van der Waals surface area contributed by atoms with Crippen molar-refractivity contribution in [3.63, 3.8) is 0 Å². The average molecular weight is 276 g/mol. The maximum absolute atomic E-state index is 12.3. The van der Waals surface area contributed by atoms with E-state index >= 15 is 0 Å². The van der Waals surface area contributed by atoms with Gasteiger partial charge >= 0.3 is 11.9 Å². The minimum atomic E-state index is -0.858. The zero-order valence-electron chi connectivity index (χ0n) is 12.3. The van der Waals surface area contributed by atoms with E-state index in [1.807, 2.05) is 6.07 Å². The zero-order valence-corrected chi connectivity index (χ0v) is 12.3. The molecule has 0 aromatic heterocycles. The van der Waals surface area contributed by atoms with Crippen molar-refractivity contribution in [2.45, 2.75) is 32.3 Å². The van der Waals surface area contributed by atoms with Crippen LogP contribution in [0.15, 0.2) is 42.5 Å². The predicted molar refractivity (Wildman–Crippen MR) is 76.2 cm³/mol. The number of rotatable bonds is 4. The summed E-state index contributed by atoms with van der Waals surface area (Å²) in [7, 11) is 1.25. The number of carbonyl (C=O) groups is 2. The fourth-order valence-electron chi connectivity index (χ4n) is 1.73. The van der Waals surface area contributed by atoms with Gasteiger partial charge in [-0.3, -0.25) is 4.79 Å². The van der Waals surface area contributed by atoms with Gasteiger partial charge in [-0.1, -0.05) is 36.9 Å². The lowest BCUT2D eigenvalue weighted by Crippen LogP contribution is -2.30. The molecule has 0 fully saturated rings. The Labute approximate surface area is 119 Å². The Morgan fingerprint density at radius 3 is 2.15 bits per heavy atom. The van der Waals surface area contributed by atoms with Crippen molar-refractivity contribution in [3.8, 4) is 0 Å². The summed E-state index contributed by atoms with van der Waals surface area (Å²) >= 11 is 0. The van der Waals surface area contributed by atoms with Crippen molar-refractivity contribution < 1.29 is 19.1 Å². The smallest absolute Gasteiger partial charge is 0.334 e. The van der Waals surface area contributed by atoms with Crippen LogP contribution >= 0.6 is 0 Å². The minimum absolute atomic E-state index is 0.0629. The van der Waals surface area contributed by atoms with E-state index in [4.69, 9.17) is 4.74 Å². The maximum atomic E-state index is 12.3. The number of ether oxygens (including phenoxy) is 2. The summed E-state index contributed by atoms with van der Waals surface area (Å²) in [5, 5.41) is 0. The molecule has 0 aliphatic rings. The summed E-state index contributed by atoms with van der Waals surface area (Å²) in [6, 6.07) is 8.91. The zero-order chi connectivity index (χ0) is 15.3. The second-order valence-corrected chi connectivity index (χ2v) is 5.39. The highest BCUT2D eigenvalue weighted by Gasteiger charge is 2.32. The minimum Gasteiger partial charge on any atom is -0.466 e. The van der Waals surface area contributed by atoms with E-state index < -0.39 is 23.5 Å². The molecule has 1 aromatic carbocycles. The Bertz CT molecular complexity index is 497. The van der Waals surface area contributed by atoms with Gasteiger partial charge in [0.1, 0.15) is 11.5 Å². The van der Waals surface area contributed by atoms with E-state index in [9.17, 15) is 9.59 Å². The van der Waals surface area contributed by atoms with Gasteiger partial charge in [0, 0.05) is 5.57 Å². The molecule has 4 heteroatoms. The van der Waals surface area contributed by atoms with Gasteiger partial charge in [0.05, 0.1) is 7.11 Å². The third-order valence-electron chi connectivity index (χ3n) is 2.57. The lowest BCUT2D eigenvalue weighted by atomic mass is 9.92. The number of methoxy groups -OCH3 is 1. The molecule has 1 atom stereocenters. The van der Waals surface area contributed by atoms with Gasteiger partial charge in [0.15, 0.2) is 0 Å². The fraction of sp³-hybridized carbons (Fsp3) is 0.375. The molecule has 0 saturated carbocycles. The fourth-order valence-corrected chi connectivity index (χ4v) is 1.73. The van der Waals surface area contributed by atoms with Crippen LogP contribution in [0, 0.1) is 0 Å². The van der Waals surface area contributed by atoms with E-state index in [2.05, 4.69) is 11.3 Å². The summed E-state index contributed by atoms with van der Waals surface area (Å²) < 4.78 is 10.0. The second-order valence-electron chi connectivity index (χ2n) is 5.39. The largest absolute Gasteiger partial charge is 0.466 e. The maximum Gasteiger partial charge on any atom is 0.334 e. The third kappa shape index (κ3) is 4.23. The number of esters is 2. The molecule has 0 aliphatic carbocycles. The summed E-state index contributed by atoms with van der Waals surface area (Å²) in [6.07, 6.45) is 0. The van der Waals surface area contributed by atoms with Crippen molar-refractivity contribution in [2.75, 3.05) is 7.11 Å². The standard InChI is InChI=1S/C16H20O4/c1-11(14(17)19-5)13(12-9-7-6-8-10-12)15(18)20-16(2,3)4/h6-10,13H,1H2,2-5H3. The van der Waals surface area contributed by atoms with Crippen LogP contribution in [-0.4, -0.2) is 24.6 Å². The van der Waals surface area contributed by atoms with Crippen LogP contribution in [0.25, 0.3) is 0 Å². The van der Waals surface area contributed by atoms with Gasteiger partial charge in [-0.05, 0) is 26.3 Å². The van der Waals surface area contributed by atoms with Crippen molar-refractivity contribution >= 4 is 11.9 Å². The SMILES string of the molecule is C=C(C(=O)OC)C(C(=O)OC(C)(C)C)c1ccccc1. The average Bonchev–Trinajstić information content (AvgIpc) is 2.37. The first-order valence-corrected chi connectivity index (χ1v) is 6.31. The molecule has 0 radical (unpaired) electrons. The van der Waals surface area contributed by atoms with Crippen molar-refractivity contribution in [2.24, 2.45) is 0 Å². The summed E-state index contributed by atoms with van der Waals surface area (Å²) in [6.45, 7) is 8.99. The highest BCUT2D eigenvalue weighted by molar-refractivity contribution is 5.98. The van der Waals surface area contributed by atoms with Crippen LogP contribution < -0.4 is 0 Å². The monoisotopic (exact) mass is 276 g/mol. The summed E-state index contributed by atoms with van der Waals surface area (Å²) in [5.74, 6) is -1.99. The van der Waals surface area contributed by atoms with Gasteiger partial charge in [0.2, 0.25) is 0 Å². The highest BCUT2D eigenvalue weighted by atomic mass is 16.6. The second kappa shape index (κ2) is 6.37.